The molecule has 0 fully saturated rings. The monoisotopic (exact) mass is 442 g/mol. The summed E-state index contributed by atoms with van der Waals surface area (Å²) in [5.41, 5.74) is 0. The van der Waals surface area contributed by atoms with E-state index in [1.807, 2.05) is 11.1 Å². The number of halogens is 2. The first-order valence-corrected chi connectivity index (χ1v) is 9.56. The first-order chi connectivity index (χ1) is 11.2. The SMILES string of the molecule is COC(=O)CCCC#CC#CCCCCCC/C=C(Br)/C=C/Br. The molecule has 23 heavy (non-hydrogen) atoms. The highest BCUT2D eigenvalue weighted by Gasteiger charge is 1.96. The molecule has 0 aromatic heterocycles. The van der Waals surface area contributed by atoms with E-state index in [1.54, 1.807) is 0 Å². The lowest BCUT2D eigenvalue weighted by Crippen LogP contribution is -1.98. The first kappa shape index (κ1) is 22.0. The molecule has 0 N–H and O–H groups in total. The average Bonchev–Trinajstić information content (AvgIpc) is 2.55. The summed E-state index contributed by atoms with van der Waals surface area (Å²) in [6.45, 7) is 0. The molecule has 0 unspecified atom stereocenters. The Balaban J connectivity index is 3.49. The van der Waals surface area contributed by atoms with Crippen LogP contribution in [0.5, 0.6) is 0 Å². The Labute approximate surface area is 157 Å². The fourth-order valence-electron chi connectivity index (χ4n) is 1.72. The third kappa shape index (κ3) is 17.2. The smallest absolute Gasteiger partial charge is 0.305 e. The molecule has 0 amide bonds. The highest BCUT2D eigenvalue weighted by atomic mass is 79.9. The molecule has 0 rings (SSSR count). The maximum absolute atomic E-state index is 10.9. The summed E-state index contributed by atoms with van der Waals surface area (Å²) < 4.78 is 5.67. The second kappa shape index (κ2) is 17.4. The Morgan fingerprint density at radius 1 is 1.04 bits per heavy atom. The van der Waals surface area contributed by atoms with Crippen molar-refractivity contribution >= 4 is 37.8 Å². The van der Waals surface area contributed by atoms with Crippen LogP contribution in [0.25, 0.3) is 0 Å². The van der Waals surface area contributed by atoms with Gasteiger partial charge in [-0.25, -0.2) is 0 Å². The molecule has 0 radical (unpaired) electrons. The number of unbranched alkanes of at least 4 members (excludes halogenated alkanes) is 6. The van der Waals surface area contributed by atoms with E-state index in [4.69, 9.17) is 0 Å². The number of rotatable bonds is 10. The predicted octanol–water partition coefficient (Wildman–Crippen LogP) is 5.86. The normalized spacial score (nSPS) is 10.7. The minimum atomic E-state index is -0.180. The molecule has 0 aliphatic heterocycles. The standard InChI is InChI=1S/C19H24Br2O2/c1-23-19(22)15-13-11-9-7-5-3-2-4-6-8-10-12-14-18(21)16-17-20/h14,16-17H,2,4,6,8,10-13,15H2,1H3/b17-16+,18-14-. The van der Waals surface area contributed by atoms with E-state index < -0.39 is 0 Å². The molecular formula is C19H24Br2O2. The lowest BCUT2D eigenvalue weighted by Gasteiger charge is -1.96. The van der Waals surface area contributed by atoms with Crippen LogP contribution in [0.4, 0.5) is 0 Å². The minimum absolute atomic E-state index is 0.180. The van der Waals surface area contributed by atoms with Crippen molar-refractivity contribution in [1.82, 2.24) is 0 Å². The molecule has 0 spiro atoms. The summed E-state index contributed by atoms with van der Waals surface area (Å²) in [7, 11) is 1.40. The molecule has 0 atom stereocenters. The van der Waals surface area contributed by atoms with Crippen LogP contribution in [-0.4, -0.2) is 13.1 Å². The van der Waals surface area contributed by atoms with Gasteiger partial charge in [0.15, 0.2) is 0 Å². The van der Waals surface area contributed by atoms with E-state index in [9.17, 15) is 4.79 Å². The highest BCUT2D eigenvalue weighted by Crippen LogP contribution is 2.12. The molecule has 4 heteroatoms. The second-order valence-corrected chi connectivity index (χ2v) is 6.31. The molecular weight excluding hydrogens is 420 g/mol. The van der Waals surface area contributed by atoms with Crippen molar-refractivity contribution < 1.29 is 9.53 Å². The third-order valence-corrected chi connectivity index (χ3v) is 3.82. The van der Waals surface area contributed by atoms with Crippen molar-refractivity contribution in [3.8, 4) is 23.7 Å². The Bertz CT molecular complexity index is 499. The van der Waals surface area contributed by atoms with E-state index >= 15 is 0 Å². The van der Waals surface area contributed by atoms with Gasteiger partial charge in [-0.1, -0.05) is 62.6 Å². The van der Waals surface area contributed by atoms with Crippen molar-refractivity contribution in [2.75, 3.05) is 7.11 Å². The van der Waals surface area contributed by atoms with Gasteiger partial charge in [0.2, 0.25) is 0 Å². The third-order valence-electron chi connectivity index (χ3n) is 2.97. The predicted molar refractivity (Wildman–Crippen MR) is 104 cm³/mol. The van der Waals surface area contributed by atoms with E-state index in [1.165, 1.54) is 26.4 Å². The molecule has 0 aliphatic carbocycles. The molecule has 126 valence electrons. The molecule has 0 saturated heterocycles. The molecule has 0 aliphatic rings. The Morgan fingerprint density at radius 3 is 2.35 bits per heavy atom. The maximum atomic E-state index is 10.9. The molecule has 0 aromatic rings. The van der Waals surface area contributed by atoms with Gasteiger partial charge in [-0.15, -0.1) is 0 Å². The second-order valence-electron chi connectivity index (χ2n) is 4.87. The van der Waals surface area contributed by atoms with Crippen molar-refractivity contribution in [2.45, 2.75) is 57.8 Å². The fraction of sp³-hybridized carbons (Fsp3) is 0.526. The Hall–Kier alpha value is -0.970. The van der Waals surface area contributed by atoms with Gasteiger partial charge < -0.3 is 4.74 Å². The zero-order chi connectivity index (χ0) is 17.2. The summed E-state index contributed by atoms with van der Waals surface area (Å²) in [6, 6.07) is 0. The van der Waals surface area contributed by atoms with Gasteiger partial charge in [0.1, 0.15) is 0 Å². The zero-order valence-corrected chi connectivity index (χ0v) is 16.8. The van der Waals surface area contributed by atoms with E-state index in [0.717, 1.165) is 30.2 Å². The summed E-state index contributed by atoms with van der Waals surface area (Å²) in [6.07, 6.45) is 12.8. The van der Waals surface area contributed by atoms with E-state index in [2.05, 4.69) is 66.4 Å². The van der Waals surface area contributed by atoms with Crippen LogP contribution in [0.3, 0.4) is 0 Å². The van der Waals surface area contributed by atoms with Gasteiger partial charge in [0.05, 0.1) is 7.11 Å². The summed E-state index contributed by atoms with van der Waals surface area (Å²) in [4.78, 5) is 12.7. The van der Waals surface area contributed by atoms with Gasteiger partial charge in [-0.2, -0.15) is 0 Å². The van der Waals surface area contributed by atoms with Crippen molar-refractivity contribution in [2.24, 2.45) is 0 Å². The largest absolute Gasteiger partial charge is 0.469 e. The lowest BCUT2D eigenvalue weighted by atomic mass is 10.1. The van der Waals surface area contributed by atoms with Crippen molar-refractivity contribution in [3.05, 3.63) is 21.6 Å². The van der Waals surface area contributed by atoms with E-state index in [0.29, 0.717) is 12.8 Å². The summed E-state index contributed by atoms with van der Waals surface area (Å²) in [5, 5.41) is 0. The van der Waals surface area contributed by atoms with Gasteiger partial charge in [0, 0.05) is 23.7 Å². The van der Waals surface area contributed by atoms with E-state index in [-0.39, 0.29) is 5.97 Å². The number of methoxy groups -OCH3 is 1. The molecule has 2 nitrogen and oxygen atoms in total. The number of carbonyl (C=O) groups excluding carboxylic acids is 1. The van der Waals surface area contributed by atoms with Crippen LogP contribution in [0.2, 0.25) is 0 Å². The number of allylic oxidation sites excluding steroid dienone is 3. The quantitative estimate of drug-likeness (QED) is 0.183. The molecule has 0 aromatic carbocycles. The highest BCUT2D eigenvalue weighted by molar-refractivity contribution is 9.12. The fourth-order valence-corrected chi connectivity index (χ4v) is 2.72. The van der Waals surface area contributed by atoms with Gasteiger partial charge in [0.25, 0.3) is 0 Å². The lowest BCUT2D eigenvalue weighted by molar-refractivity contribution is -0.140. The number of esters is 1. The average molecular weight is 444 g/mol. The number of carbonyl (C=O) groups is 1. The van der Waals surface area contributed by atoms with Crippen molar-refractivity contribution in [1.29, 1.82) is 0 Å². The van der Waals surface area contributed by atoms with Crippen LogP contribution < -0.4 is 0 Å². The van der Waals surface area contributed by atoms with Crippen LogP contribution in [0.15, 0.2) is 21.6 Å². The number of hydrogen-bond donors (Lipinski definition) is 0. The van der Waals surface area contributed by atoms with Crippen molar-refractivity contribution in [3.63, 3.8) is 0 Å². The molecule has 0 bridgehead atoms. The van der Waals surface area contributed by atoms with Crippen LogP contribution >= 0.6 is 31.9 Å². The molecule has 0 heterocycles. The zero-order valence-electron chi connectivity index (χ0n) is 13.7. The van der Waals surface area contributed by atoms with Crippen LogP contribution in [0, 0.1) is 23.7 Å². The topological polar surface area (TPSA) is 26.3 Å². The van der Waals surface area contributed by atoms with Gasteiger partial charge >= 0.3 is 5.97 Å². The van der Waals surface area contributed by atoms with Crippen LogP contribution in [0.1, 0.15) is 57.8 Å². The summed E-state index contributed by atoms with van der Waals surface area (Å²) >= 11 is 6.72. The van der Waals surface area contributed by atoms with Crippen LogP contribution in [-0.2, 0) is 9.53 Å². The first-order valence-electron chi connectivity index (χ1n) is 7.85. The number of ether oxygens (including phenoxy) is 1. The maximum Gasteiger partial charge on any atom is 0.305 e. The Kier molecular flexibility index (Phi) is 16.7. The number of hydrogen-bond acceptors (Lipinski definition) is 2. The summed E-state index contributed by atoms with van der Waals surface area (Å²) in [5.74, 6) is 11.5. The van der Waals surface area contributed by atoms with Gasteiger partial charge in [-0.3, -0.25) is 4.79 Å². The molecule has 0 saturated carbocycles. The minimum Gasteiger partial charge on any atom is -0.469 e. The Morgan fingerprint density at radius 2 is 1.70 bits per heavy atom. The van der Waals surface area contributed by atoms with Gasteiger partial charge in [-0.05, 0) is 48.6 Å².